The maximum atomic E-state index is 13.4. The van der Waals surface area contributed by atoms with Crippen LogP contribution in [0.1, 0.15) is 52.0 Å². The number of aliphatic hydroxyl groups is 1. The smallest absolute Gasteiger partial charge is 0.408 e. The second kappa shape index (κ2) is 20.4. The first-order valence-corrected chi connectivity index (χ1v) is 14.6. The number of alkyl carbamates (subject to hydrolysis) is 1. The number of esters is 2. The number of carbonyl (C=O) groups excluding carboxylic acids is 7. The highest BCUT2D eigenvalue weighted by Gasteiger charge is 2.35. The zero-order chi connectivity index (χ0) is 34.8. The molecule has 0 aliphatic heterocycles. The van der Waals surface area contributed by atoms with Gasteiger partial charge in [0.1, 0.15) is 37.4 Å². The standard InChI is InChI=1S/C30H43FN4O11/c1-6-17(2)25(35-30(43)46-16-19-10-8-7-9-11-19)28(41)32-20(12-13-23(38)44-4)27(40)34-26(18(3)36)29(42)33-21(22(37)15-31)14-24(39)45-5/h7-11,17-18,20-21,25-26,36H,6,12-16H2,1-5H3,(H,32,41)(H,33,42)(H,34,40)(H,35,43). The van der Waals surface area contributed by atoms with E-state index in [0.717, 1.165) is 21.1 Å². The summed E-state index contributed by atoms with van der Waals surface area (Å²) in [5, 5.41) is 19.6. The number of hydrogen-bond acceptors (Lipinski definition) is 11. The van der Waals surface area contributed by atoms with Gasteiger partial charge in [0, 0.05) is 6.42 Å². The van der Waals surface area contributed by atoms with Gasteiger partial charge in [-0.15, -0.1) is 0 Å². The minimum atomic E-state index is -1.74. The molecule has 15 nitrogen and oxygen atoms in total. The molecule has 6 unspecified atom stereocenters. The maximum Gasteiger partial charge on any atom is 0.408 e. The van der Waals surface area contributed by atoms with Crippen molar-refractivity contribution in [3.05, 3.63) is 35.9 Å². The second-order valence-electron chi connectivity index (χ2n) is 10.4. The largest absolute Gasteiger partial charge is 0.469 e. The van der Waals surface area contributed by atoms with Crippen molar-refractivity contribution in [3.63, 3.8) is 0 Å². The predicted octanol–water partition coefficient (Wildman–Crippen LogP) is 0.218. The van der Waals surface area contributed by atoms with Crippen LogP contribution in [0.15, 0.2) is 30.3 Å². The lowest BCUT2D eigenvalue weighted by Gasteiger charge is -2.28. The predicted molar refractivity (Wildman–Crippen MR) is 159 cm³/mol. The number of rotatable bonds is 19. The van der Waals surface area contributed by atoms with Gasteiger partial charge in [0.15, 0.2) is 5.78 Å². The third kappa shape index (κ3) is 13.6. The number of hydrogen-bond donors (Lipinski definition) is 5. The third-order valence-electron chi connectivity index (χ3n) is 6.98. The van der Waals surface area contributed by atoms with Crippen molar-refractivity contribution < 1.29 is 57.3 Å². The Morgan fingerprint density at radius 1 is 0.804 bits per heavy atom. The number of alkyl halides is 1. The molecule has 4 amide bonds. The van der Waals surface area contributed by atoms with E-state index in [2.05, 4.69) is 30.7 Å². The van der Waals surface area contributed by atoms with Crippen molar-refractivity contribution >= 4 is 41.5 Å². The molecule has 0 saturated carbocycles. The van der Waals surface area contributed by atoms with Crippen molar-refractivity contribution in [2.24, 2.45) is 5.92 Å². The first-order valence-electron chi connectivity index (χ1n) is 14.6. The minimum absolute atomic E-state index is 0.0636. The van der Waals surface area contributed by atoms with E-state index < -0.39 is 90.8 Å². The molecule has 256 valence electrons. The Kier molecular flexibility index (Phi) is 17.5. The Labute approximate surface area is 266 Å². The quantitative estimate of drug-likeness (QED) is 0.100. The molecule has 0 saturated heterocycles. The van der Waals surface area contributed by atoms with Gasteiger partial charge < -0.3 is 40.6 Å². The van der Waals surface area contributed by atoms with E-state index in [1.54, 1.807) is 44.2 Å². The van der Waals surface area contributed by atoms with E-state index in [1.165, 1.54) is 0 Å². The molecule has 1 rings (SSSR count). The highest BCUT2D eigenvalue weighted by Crippen LogP contribution is 2.11. The molecule has 0 aliphatic carbocycles. The molecule has 0 heterocycles. The lowest BCUT2D eigenvalue weighted by Crippen LogP contribution is -2.60. The van der Waals surface area contributed by atoms with Gasteiger partial charge in [-0.2, -0.15) is 0 Å². The Balaban J connectivity index is 3.14. The zero-order valence-corrected chi connectivity index (χ0v) is 26.5. The molecular formula is C30H43FN4O11. The fourth-order valence-electron chi connectivity index (χ4n) is 4.00. The number of aliphatic hydroxyl groups excluding tert-OH is 1. The van der Waals surface area contributed by atoms with Gasteiger partial charge in [-0.05, 0) is 24.8 Å². The summed E-state index contributed by atoms with van der Waals surface area (Å²) in [5.74, 6) is -6.20. The van der Waals surface area contributed by atoms with Crippen LogP contribution in [0.25, 0.3) is 0 Å². The first-order chi connectivity index (χ1) is 21.8. The number of ether oxygens (including phenoxy) is 3. The van der Waals surface area contributed by atoms with Gasteiger partial charge in [0.2, 0.25) is 17.7 Å². The molecule has 0 fully saturated rings. The summed E-state index contributed by atoms with van der Waals surface area (Å²) in [6, 6.07) is 2.77. The number of methoxy groups -OCH3 is 2. The van der Waals surface area contributed by atoms with Gasteiger partial charge >= 0.3 is 18.0 Å². The van der Waals surface area contributed by atoms with Crippen LogP contribution in [0.5, 0.6) is 0 Å². The summed E-state index contributed by atoms with van der Waals surface area (Å²) in [6.45, 7) is 3.02. The number of benzene rings is 1. The zero-order valence-electron chi connectivity index (χ0n) is 26.5. The topological polar surface area (TPSA) is 216 Å². The van der Waals surface area contributed by atoms with Gasteiger partial charge in [-0.25, -0.2) is 9.18 Å². The minimum Gasteiger partial charge on any atom is -0.469 e. The van der Waals surface area contributed by atoms with Crippen molar-refractivity contribution in [1.29, 1.82) is 0 Å². The molecule has 5 N–H and O–H groups in total. The molecule has 46 heavy (non-hydrogen) atoms. The summed E-state index contributed by atoms with van der Waals surface area (Å²) in [7, 11) is 2.15. The fourth-order valence-corrected chi connectivity index (χ4v) is 4.00. The Morgan fingerprint density at radius 2 is 1.39 bits per heavy atom. The van der Waals surface area contributed by atoms with Crippen LogP contribution in [0, 0.1) is 5.92 Å². The molecule has 0 bridgehead atoms. The maximum absolute atomic E-state index is 13.4. The molecule has 0 spiro atoms. The number of amides is 4. The summed E-state index contributed by atoms with van der Waals surface area (Å²) >= 11 is 0. The van der Waals surface area contributed by atoms with Crippen LogP contribution >= 0.6 is 0 Å². The first kappa shape index (κ1) is 39.4. The summed E-state index contributed by atoms with van der Waals surface area (Å²) in [5.41, 5.74) is 0.712. The average molecular weight is 655 g/mol. The fraction of sp³-hybridized carbons (Fsp3) is 0.567. The average Bonchev–Trinajstić information content (AvgIpc) is 3.05. The van der Waals surface area contributed by atoms with E-state index in [4.69, 9.17) is 4.74 Å². The van der Waals surface area contributed by atoms with Crippen molar-refractivity contribution in [2.75, 3.05) is 20.9 Å². The third-order valence-corrected chi connectivity index (χ3v) is 6.98. The Bertz CT molecular complexity index is 1200. The number of carbonyl (C=O) groups is 7. The van der Waals surface area contributed by atoms with Crippen molar-refractivity contribution in [1.82, 2.24) is 21.3 Å². The normalized spacial score (nSPS) is 14.6. The van der Waals surface area contributed by atoms with Gasteiger partial charge in [-0.1, -0.05) is 50.6 Å². The lowest BCUT2D eigenvalue weighted by molar-refractivity contribution is -0.144. The van der Waals surface area contributed by atoms with Crippen molar-refractivity contribution in [3.8, 4) is 0 Å². The molecule has 6 atom stereocenters. The number of nitrogens with one attached hydrogen (secondary N) is 4. The van der Waals surface area contributed by atoms with E-state index in [1.807, 2.05) is 0 Å². The molecule has 0 radical (unpaired) electrons. The number of Topliss-reactive ketones (excluding diaryl/α,β-unsaturated/α-hetero) is 1. The van der Waals surface area contributed by atoms with Crippen LogP contribution in [0.3, 0.4) is 0 Å². The Morgan fingerprint density at radius 3 is 1.93 bits per heavy atom. The second-order valence-corrected chi connectivity index (χ2v) is 10.4. The van der Waals surface area contributed by atoms with Crippen LogP contribution < -0.4 is 21.3 Å². The van der Waals surface area contributed by atoms with Gasteiger partial charge in [0.25, 0.3) is 0 Å². The van der Waals surface area contributed by atoms with Crippen LogP contribution in [0.2, 0.25) is 0 Å². The highest BCUT2D eigenvalue weighted by atomic mass is 19.1. The number of halogens is 1. The summed E-state index contributed by atoms with van der Waals surface area (Å²) in [6.07, 6.45) is -3.39. The number of ketones is 1. The molecule has 0 aliphatic rings. The molecule has 1 aromatic carbocycles. The van der Waals surface area contributed by atoms with Crippen LogP contribution in [-0.2, 0) is 49.6 Å². The van der Waals surface area contributed by atoms with E-state index in [-0.39, 0.29) is 19.4 Å². The summed E-state index contributed by atoms with van der Waals surface area (Å²) in [4.78, 5) is 87.8. The lowest BCUT2D eigenvalue weighted by atomic mass is 9.97. The SMILES string of the molecule is CCC(C)C(NC(=O)OCc1ccccc1)C(=O)NC(CCC(=O)OC)C(=O)NC(C(=O)NC(CC(=O)OC)C(=O)CF)C(C)O. The van der Waals surface area contributed by atoms with Gasteiger partial charge in [0.05, 0.1) is 26.7 Å². The van der Waals surface area contributed by atoms with Crippen molar-refractivity contribution in [2.45, 2.75) is 83.3 Å². The molecule has 16 heteroatoms. The summed E-state index contributed by atoms with van der Waals surface area (Å²) < 4.78 is 27.4. The van der Waals surface area contributed by atoms with E-state index in [0.29, 0.717) is 12.0 Å². The molecular weight excluding hydrogens is 611 g/mol. The molecule has 1 aromatic rings. The van der Waals surface area contributed by atoms with Crippen LogP contribution in [0.4, 0.5) is 9.18 Å². The van der Waals surface area contributed by atoms with Crippen LogP contribution in [-0.4, -0.2) is 97.8 Å². The van der Waals surface area contributed by atoms with E-state index >= 15 is 0 Å². The van der Waals surface area contributed by atoms with E-state index in [9.17, 15) is 43.1 Å². The highest BCUT2D eigenvalue weighted by molar-refractivity contribution is 5.97. The van der Waals surface area contributed by atoms with Gasteiger partial charge in [-0.3, -0.25) is 28.8 Å². The molecule has 0 aromatic heterocycles. The monoisotopic (exact) mass is 654 g/mol. The Hall–Kier alpha value is -4.60.